The normalized spacial score (nSPS) is 13.0. The summed E-state index contributed by atoms with van der Waals surface area (Å²) in [5.74, 6) is 1.86. The second-order valence-corrected chi connectivity index (χ2v) is 15.0. The molecule has 0 saturated heterocycles. The summed E-state index contributed by atoms with van der Waals surface area (Å²) in [4.78, 5) is 20.4. The van der Waals surface area contributed by atoms with Crippen LogP contribution in [-0.2, 0) is 5.41 Å². The van der Waals surface area contributed by atoms with Gasteiger partial charge >= 0.3 is 0 Å². The molecule has 0 N–H and O–H groups in total. The summed E-state index contributed by atoms with van der Waals surface area (Å²) < 4.78 is 6.31. The molecule has 0 radical (unpaired) electrons. The standard InChI is InChI=1S/C51H34N4O/c1-51(2)42-21-10-8-17-37(42)38-28-27-35(30-43(38)51)34-15-12-16-36(29-34)50-54-48(32-13-4-3-5-14-32)53-49(55-50)33-25-23-31(24-26-33)45-39-18-6-7-19-40(39)47-46(52-45)41-20-9-11-22-44(41)56-47/h3-30H,1-2H3. The summed E-state index contributed by atoms with van der Waals surface area (Å²) in [6.45, 7) is 4.64. The van der Waals surface area contributed by atoms with Crippen LogP contribution in [-0.4, -0.2) is 19.9 Å². The minimum atomic E-state index is -0.0770. The molecule has 0 saturated carbocycles. The van der Waals surface area contributed by atoms with Gasteiger partial charge in [-0.25, -0.2) is 19.9 Å². The number of hydrogen-bond donors (Lipinski definition) is 0. The van der Waals surface area contributed by atoms with Crippen molar-refractivity contribution in [2.75, 3.05) is 0 Å². The van der Waals surface area contributed by atoms with Gasteiger partial charge in [0.15, 0.2) is 23.1 Å². The van der Waals surface area contributed by atoms with E-state index in [4.69, 9.17) is 24.4 Å². The number of pyridine rings is 1. The molecule has 1 aliphatic rings. The Hall–Kier alpha value is -7.24. The van der Waals surface area contributed by atoms with Gasteiger partial charge in [0.2, 0.25) is 0 Å². The Morgan fingerprint density at radius 2 is 0.946 bits per heavy atom. The molecular weight excluding hydrogens is 685 g/mol. The van der Waals surface area contributed by atoms with Crippen LogP contribution in [0.3, 0.4) is 0 Å². The van der Waals surface area contributed by atoms with Gasteiger partial charge < -0.3 is 4.42 Å². The number of furan rings is 1. The minimum Gasteiger partial charge on any atom is -0.454 e. The molecule has 0 bridgehead atoms. The Bertz CT molecular complexity index is 3160. The predicted octanol–water partition coefficient (Wildman–Crippen LogP) is 13.0. The van der Waals surface area contributed by atoms with Gasteiger partial charge in [0.1, 0.15) is 11.1 Å². The van der Waals surface area contributed by atoms with Crippen LogP contribution < -0.4 is 0 Å². The number of aromatic nitrogens is 4. The highest BCUT2D eigenvalue weighted by Gasteiger charge is 2.35. The molecule has 11 rings (SSSR count). The highest BCUT2D eigenvalue weighted by molar-refractivity contribution is 6.16. The Morgan fingerprint density at radius 1 is 0.393 bits per heavy atom. The van der Waals surface area contributed by atoms with Gasteiger partial charge in [-0.05, 0) is 57.6 Å². The van der Waals surface area contributed by atoms with Gasteiger partial charge in [0, 0.05) is 43.8 Å². The molecule has 264 valence electrons. The first-order valence-corrected chi connectivity index (χ1v) is 19.0. The zero-order valence-electron chi connectivity index (χ0n) is 30.9. The second-order valence-electron chi connectivity index (χ2n) is 15.0. The van der Waals surface area contributed by atoms with Crippen LogP contribution in [0.2, 0.25) is 0 Å². The van der Waals surface area contributed by atoms with Crippen molar-refractivity contribution >= 4 is 32.8 Å². The van der Waals surface area contributed by atoms with Crippen molar-refractivity contribution in [1.29, 1.82) is 0 Å². The molecule has 7 aromatic carbocycles. The third-order valence-electron chi connectivity index (χ3n) is 11.3. The quantitative estimate of drug-likeness (QED) is 0.177. The summed E-state index contributed by atoms with van der Waals surface area (Å²) in [6, 6.07) is 59.1. The van der Waals surface area contributed by atoms with Gasteiger partial charge in [-0.3, -0.25) is 0 Å². The number of fused-ring (bicyclic) bond motifs is 8. The molecule has 0 amide bonds. The molecule has 56 heavy (non-hydrogen) atoms. The van der Waals surface area contributed by atoms with Gasteiger partial charge in [0.25, 0.3) is 0 Å². The van der Waals surface area contributed by atoms with Crippen LogP contribution in [0.25, 0.3) is 101 Å². The van der Waals surface area contributed by atoms with Crippen molar-refractivity contribution in [3.63, 3.8) is 0 Å². The maximum absolute atomic E-state index is 6.31. The maximum Gasteiger partial charge on any atom is 0.164 e. The van der Waals surface area contributed by atoms with E-state index in [0.29, 0.717) is 17.5 Å². The molecular formula is C51H34N4O. The Labute approximate surface area is 324 Å². The largest absolute Gasteiger partial charge is 0.454 e. The lowest BCUT2D eigenvalue weighted by Gasteiger charge is -2.22. The monoisotopic (exact) mass is 718 g/mol. The van der Waals surface area contributed by atoms with Crippen molar-refractivity contribution in [1.82, 2.24) is 19.9 Å². The van der Waals surface area contributed by atoms with E-state index in [0.717, 1.165) is 66.4 Å². The van der Waals surface area contributed by atoms with Gasteiger partial charge in [-0.1, -0.05) is 159 Å². The number of para-hydroxylation sites is 1. The molecule has 10 aromatic rings. The molecule has 3 aromatic heterocycles. The second kappa shape index (κ2) is 12.4. The third kappa shape index (κ3) is 5.09. The van der Waals surface area contributed by atoms with Crippen molar-refractivity contribution in [3.8, 4) is 67.7 Å². The fourth-order valence-corrected chi connectivity index (χ4v) is 8.45. The van der Waals surface area contributed by atoms with E-state index in [1.165, 1.54) is 27.8 Å². The topological polar surface area (TPSA) is 64.7 Å². The van der Waals surface area contributed by atoms with Gasteiger partial charge in [-0.2, -0.15) is 0 Å². The lowest BCUT2D eigenvalue weighted by Crippen LogP contribution is -2.14. The highest BCUT2D eigenvalue weighted by Crippen LogP contribution is 2.49. The molecule has 5 heteroatoms. The van der Waals surface area contributed by atoms with Crippen LogP contribution >= 0.6 is 0 Å². The van der Waals surface area contributed by atoms with Crippen LogP contribution in [0.5, 0.6) is 0 Å². The minimum absolute atomic E-state index is 0.0770. The van der Waals surface area contributed by atoms with Crippen LogP contribution in [0.15, 0.2) is 174 Å². The number of benzene rings is 7. The van der Waals surface area contributed by atoms with Crippen LogP contribution in [0.4, 0.5) is 0 Å². The lowest BCUT2D eigenvalue weighted by atomic mass is 9.81. The zero-order chi connectivity index (χ0) is 37.4. The average Bonchev–Trinajstić information content (AvgIpc) is 3.75. The van der Waals surface area contributed by atoms with E-state index >= 15 is 0 Å². The maximum atomic E-state index is 6.31. The molecule has 0 spiro atoms. The van der Waals surface area contributed by atoms with E-state index in [1.807, 2.05) is 60.7 Å². The van der Waals surface area contributed by atoms with Crippen molar-refractivity contribution in [2.45, 2.75) is 19.3 Å². The first-order chi connectivity index (χ1) is 27.5. The van der Waals surface area contributed by atoms with E-state index < -0.39 is 0 Å². The number of hydrogen-bond acceptors (Lipinski definition) is 5. The Balaban J connectivity index is 1.00. The summed E-state index contributed by atoms with van der Waals surface area (Å²) in [7, 11) is 0. The van der Waals surface area contributed by atoms with Gasteiger partial charge in [-0.15, -0.1) is 0 Å². The summed E-state index contributed by atoms with van der Waals surface area (Å²) in [5.41, 5.74) is 14.7. The van der Waals surface area contributed by atoms with E-state index in [-0.39, 0.29) is 5.41 Å². The summed E-state index contributed by atoms with van der Waals surface area (Å²) in [5, 5.41) is 3.09. The average molecular weight is 719 g/mol. The number of nitrogens with zero attached hydrogens (tertiary/aromatic N) is 4. The molecule has 1 aliphatic carbocycles. The smallest absolute Gasteiger partial charge is 0.164 e. The Morgan fingerprint density at radius 3 is 1.75 bits per heavy atom. The summed E-state index contributed by atoms with van der Waals surface area (Å²) >= 11 is 0. The third-order valence-corrected chi connectivity index (χ3v) is 11.3. The fourth-order valence-electron chi connectivity index (χ4n) is 8.45. The molecule has 5 nitrogen and oxygen atoms in total. The predicted molar refractivity (Wildman–Crippen MR) is 227 cm³/mol. The van der Waals surface area contributed by atoms with Crippen LogP contribution in [0.1, 0.15) is 25.0 Å². The van der Waals surface area contributed by atoms with Gasteiger partial charge in [0.05, 0.1) is 5.69 Å². The van der Waals surface area contributed by atoms with E-state index in [1.54, 1.807) is 0 Å². The van der Waals surface area contributed by atoms with Crippen molar-refractivity contribution < 1.29 is 4.42 Å². The first-order valence-electron chi connectivity index (χ1n) is 19.0. The molecule has 0 fully saturated rings. The molecule has 0 unspecified atom stereocenters. The first kappa shape index (κ1) is 32.2. The van der Waals surface area contributed by atoms with Crippen molar-refractivity contribution in [3.05, 3.63) is 181 Å². The Kier molecular flexibility index (Phi) is 7.13. The fraction of sp³-hybridized carbons (Fsp3) is 0.0588. The van der Waals surface area contributed by atoms with E-state index in [2.05, 4.69) is 123 Å². The molecule has 3 heterocycles. The summed E-state index contributed by atoms with van der Waals surface area (Å²) in [6.07, 6.45) is 0. The zero-order valence-corrected chi connectivity index (χ0v) is 30.9. The molecule has 0 aliphatic heterocycles. The molecule has 0 atom stereocenters. The van der Waals surface area contributed by atoms with Crippen molar-refractivity contribution in [2.24, 2.45) is 0 Å². The number of rotatable bonds is 5. The van der Waals surface area contributed by atoms with Crippen LogP contribution in [0, 0.1) is 0 Å². The highest BCUT2D eigenvalue weighted by atomic mass is 16.3. The van der Waals surface area contributed by atoms with E-state index in [9.17, 15) is 0 Å². The SMILES string of the molecule is CC1(C)c2ccccc2-c2ccc(-c3cccc(-c4nc(-c5ccccc5)nc(-c5ccc(-c6nc7c8ccccc8oc7c7ccccc67)cc5)n4)c3)cc21. The lowest BCUT2D eigenvalue weighted by molar-refractivity contribution is 0.660.